The fraction of sp³-hybridized carbons (Fsp3) is 0.909. The van der Waals surface area contributed by atoms with Crippen LogP contribution in [0.4, 0.5) is 0 Å². The molecule has 0 aliphatic carbocycles. The van der Waals surface area contributed by atoms with E-state index in [2.05, 4.69) is 16.5 Å². The third-order valence-corrected chi connectivity index (χ3v) is 5.28. The van der Waals surface area contributed by atoms with Crippen LogP contribution in [0.3, 0.4) is 0 Å². The molecule has 0 amide bonds. The van der Waals surface area contributed by atoms with Crippen molar-refractivity contribution in [3.63, 3.8) is 0 Å². The molecule has 1 heterocycles. The van der Waals surface area contributed by atoms with Gasteiger partial charge in [-0.15, -0.1) is 0 Å². The van der Waals surface area contributed by atoms with Gasteiger partial charge in [-0.2, -0.15) is 5.26 Å². The molecule has 0 spiro atoms. The topological polar surface area (TPSA) is 73.2 Å². The van der Waals surface area contributed by atoms with Crippen molar-refractivity contribution in [2.75, 3.05) is 13.6 Å². The first-order chi connectivity index (χ1) is 7.90. The molecule has 1 aliphatic heterocycles. The maximum atomic E-state index is 11.9. The molecule has 5 nitrogen and oxygen atoms in total. The van der Waals surface area contributed by atoms with Crippen LogP contribution in [0.1, 0.15) is 33.1 Å². The fourth-order valence-corrected chi connectivity index (χ4v) is 3.51. The zero-order valence-corrected chi connectivity index (χ0v) is 11.5. The van der Waals surface area contributed by atoms with E-state index in [1.807, 2.05) is 13.1 Å². The molecule has 0 aromatic heterocycles. The van der Waals surface area contributed by atoms with Crippen LogP contribution in [0, 0.1) is 11.3 Å². The molecule has 6 heteroatoms. The number of nitrogens with one attached hydrogen (secondary N) is 1. The lowest BCUT2D eigenvalue weighted by Gasteiger charge is -2.35. The maximum Gasteiger partial charge on any atom is 0.228 e. The second-order valence-electron chi connectivity index (χ2n) is 4.74. The highest BCUT2D eigenvalue weighted by Crippen LogP contribution is 2.17. The van der Waals surface area contributed by atoms with E-state index in [0.717, 1.165) is 19.4 Å². The molecule has 0 radical (unpaired) electrons. The average molecular weight is 259 g/mol. The SMILES string of the molecule is CCC(C#N)S(=O)(=O)NC1CCN(C)C(C)C1. The number of sulfonamides is 1. The number of hydrogen-bond acceptors (Lipinski definition) is 4. The molecule has 3 atom stereocenters. The lowest BCUT2D eigenvalue weighted by atomic mass is 10.0. The molecule has 98 valence electrons. The van der Waals surface area contributed by atoms with E-state index in [1.165, 1.54) is 0 Å². The summed E-state index contributed by atoms with van der Waals surface area (Å²) in [7, 11) is -1.45. The van der Waals surface area contributed by atoms with Crippen molar-refractivity contribution in [3.8, 4) is 6.07 Å². The van der Waals surface area contributed by atoms with E-state index >= 15 is 0 Å². The van der Waals surface area contributed by atoms with E-state index < -0.39 is 15.3 Å². The Morgan fingerprint density at radius 3 is 2.71 bits per heavy atom. The molecule has 1 fully saturated rings. The minimum atomic E-state index is -3.49. The Hall–Kier alpha value is -0.640. The summed E-state index contributed by atoms with van der Waals surface area (Å²) in [5.74, 6) is 0. The number of piperidine rings is 1. The van der Waals surface area contributed by atoms with Gasteiger partial charge in [-0.3, -0.25) is 0 Å². The van der Waals surface area contributed by atoms with Crippen LogP contribution in [-0.2, 0) is 10.0 Å². The van der Waals surface area contributed by atoms with Crippen LogP contribution in [0.5, 0.6) is 0 Å². The highest BCUT2D eigenvalue weighted by molar-refractivity contribution is 7.90. The van der Waals surface area contributed by atoms with Crippen molar-refractivity contribution in [2.24, 2.45) is 0 Å². The Morgan fingerprint density at radius 1 is 1.59 bits per heavy atom. The van der Waals surface area contributed by atoms with Crippen molar-refractivity contribution in [3.05, 3.63) is 0 Å². The molecule has 1 saturated heterocycles. The second kappa shape index (κ2) is 5.80. The first-order valence-corrected chi connectivity index (χ1v) is 7.56. The molecule has 1 N–H and O–H groups in total. The van der Waals surface area contributed by atoms with Gasteiger partial charge in [0.1, 0.15) is 0 Å². The van der Waals surface area contributed by atoms with Crippen LogP contribution in [-0.4, -0.2) is 44.2 Å². The first-order valence-electron chi connectivity index (χ1n) is 6.01. The van der Waals surface area contributed by atoms with Crippen molar-refractivity contribution in [2.45, 2.75) is 50.4 Å². The van der Waals surface area contributed by atoms with Gasteiger partial charge in [0.15, 0.2) is 5.25 Å². The van der Waals surface area contributed by atoms with E-state index in [1.54, 1.807) is 6.92 Å². The van der Waals surface area contributed by atoms with Crippen LogP contribution >= 0.6 is 0 Å². The van der Waals surface area contributed by atoms with Gasteiger partial charge in [-0.1, -0.05) is 6.92 Å². The van der Waals surface area contributed by atoms with Gasteiger partial charge in [-0.05, 0) is 39.8 Å². The van der Waals surface area contributed by atoms with Gasteiger partial charge in [-0.25, -0.2) is 13.1 Å². The minimum absolute atomic E-state index is 0.0337. The zero-order chi connectivity index (χ0) is 13.1. The van der Waals surface area contributed by atoms with E-state index in [0.29, 0.717) is 12.5 Å². The van der Waals surface area contributed by atoms with Crippen LogP contribution in [0.25, 0.3) is 0 Å². The zero-order valence-electron chi connectivity index (χ0n) is 10.7. The smallest absolute Gasteiger partial charge is 0.228 e. The summed E-state index contributed by atoms with van der Waals surface area (Å²) in [4.78, 5) is 2.21. The lowest BCUT2D eigenvalue weighted by Crippen LogP contribution is -2.49. The van der Waals surface area contributed by atoms with E-state index in [9.17, 15) is 8.42 Å². The summed E-state index contributed by atoms with van der Waals surface area (Å²) in [5.41, 5.74) is 0. The Morgan fingerprint density at radius 2 is 2.24 bits per heavy atom. The quantitative estimate of drug-likeness (QED) is 0.806. The molecular weight excluding hydrogens is 238 g/mol. The summed E-state index contributed by atoms with van der Waals surface area (Å²) >= 11 is 0. The van der Waals surface area contributed by atoms with E-state index in [-0.39, 0.29) is 6.04 Å². The van der Waals surface area contributed by atoms with Gasteiger partial charge in [0.2, 0.25) is 10.0 Å². The number of nitriles is 1. The predicted molar refractivity (Wildman–Crippen MR) is 66.9 cm³/mol. The molecule has 1 aliphatic rings. The van der Waals surface area contributed by atoms with Crippen LogP contribution in [0.2, 0.25) is 0 Å². The normalized spacial score (nSPS) is 28.6. The highest BCUT2D eigenvalue weighted by atomic mass is 32.2. The second-order valence-corrected chi connectivity index (χ2v) is 6.63. The van der Waals surface area contributed by atoms with Gasteiger partial charge >= 0.3 is 0 Å². The van der Waals surface area contributed by atoms with Gasteiger partial charge in [0, 0.05) is 12.1 Å². The average Bonchev–Trinajstić information content (AvgIpc) is 2.24. The van der Waals surface area contributed by atoms with Crippen molar-refractivity contribution in [1.29, 1.82) is 5.26 Å². The summed E-state index contributed by atoms with van der Waals surface area (Å²) < 4.78 is 26.5. The van der Waals surface area contributed by atoms with E-state index in [4.69, 9.17) is 5.26 Å². The molecule has 0 aromatic rings. The van der Waals surface area contributed by atoms with Crippen LogP contribution < -0.4 is 4.72 Å². The number of likely N-dealkylation sites (tertiary alicyclic amines) is 1. The highest BCUT2D eigenvalue weighted by Gasteiger charge is 2.30. The Bertz CT molecular complexity index is 388. The Kier molecular flexibility index (Phi) is 4.92. The van der Waals surface area contributed by atoms with Gasteiger partial charge in [0.05, 0.1) is 6.07 Å². The Balaban J connectivity index is 2.63. The molecule has 0 bridgehead atoms. The predicted octanol–water partition coefficient (Wildman–Crippen LogP) is 0.691. The third kappa shape index (κ3) is 3.66. The summed E-state index contributed by atoms with van der Waals surface area (Å²) in [6, 6.07) is 2.18. The fourth-order valence-electron chi connectivity index (χ4n) is 2.09. The standard InChI is InChI=1S/C11H21N3O2S/c1-4-11(8-12)17(15,16)13-10-5-6-14(3)9(2)7-10/h9-11,13H,4-7H2,1-3H3. The van der Waals surface area contributed by atoms with Gasteiger partial charge < -0.3 is 4.90 Å². The molecule has 3 unspecified atom stereocenters. The lowest BCUT2D eigenvalue weighted by molar-refractivity contribution is 0.178. The first kappa shape index (κ1) is 14.4. The number of hydrogen-bond donors (Lipinski definition) is 1. The minimum Gasteiger partial charge on any atom is -0.304 e. The van der Waals surface area contributed by atoms with Crippen molar-refractivity contribution in [1.82, 2.24) is 9.62 Å². The molecule has 0 aromatic carbocycles. The number of nitrogens with zero attached hydrogens (tertiary/aromatic N) is 2. The van der Waals surface area contributed by atoms with Crippen molar-refractivity contribution < 1.29 is 8.42 Å². The molecule has 0 saturated carbocycles. The molecule has 17 heavy (non-hydrogen) atoms. The third-order valence-electron chi connectivity index (χ3n) is 3.43. The maximum absolute atomic E-state index is 11.9. The number of rotatable bonds is 4. The summed E-state index contributed by atoms with van der Waals surface area (Å²) in [5, 5.41) is 7.87. The van der Waals surface area contributed by atoms with Gasteiger partial charge in [0.25, 0.3) is 0 Å². The van der Waals surface area contributed by atoms with Crippen LogP contribution in [0.15, 0.2) is 0 Å². The largest absolute Gasteiger partial charge is 0.304 e. The molecule has 1 rings (SSSR count). The summed E-state index contributed by atoms with van der Waals surface area (Å²) in [6.45, 7) is 4.68. The Labute approximate surface area is 104 Å². The molecular formula is C11H21N3O2S. The van der Waals surface area contributed by atoms with Crippen molar-refractivity contribution >= 4 is 10.0 Å². The summed E-state index contributed by atoms with van der Waals surface area (Å²) in [6.07, 6.45) is 1.94. The monoisotopic (exact) mass is 259 g/mol.